The lowest BCUT2D eigenvalue weighted by atomic mass is 9.98. The summed E-state index contributed by atoms with van der Waals surface area (Å²) in [5.41, 5.74) is 2.52. The molecule has 2 aromatic rings. The number of piperazine rings is 1. The highest BCUT2D eigenvalue weighted by Gasteiger charge is 2.43. The van der Waals surface area contributed by atoms with Crippen LogP contribution >= 0.6 is 0 Å². The van der Waals surface area contributed by atoms with Crippen molar-refractivity contribution in [2.24, 2.45) is 5.92 Å². The third kappa shape index (κ3) is 4.67. The van der Waals surface area contributed by atoms with Crippen LogP contribution in [0.3, 0.4) is 0 Å². The number of hydrogen-bond donors (Lipinski definition) is 2. The van der Waals surface area contributed by atoms with E-state index in [9.17, 15) is 14.4 Å². The second kappa shape index (κ2) is 9.40. The Kier molecular flexibility index (Phi) is 6.19. The standard InChI is InChI=1S/C26H30FN5O/c27-24-16-23(32-12-10-31(11-13-32)22-4-2-1-3-5-22)9-7-18(24)14-21(17-28)30-26(33)25-19-6-8-20(15-19)29-25/h1-5,7,9,16,19-21,25,29H,6,8,10-15H2,(H,30,33)/t19-,20-,21-,25-/m0/s1. The molecule has 6 nitrogen and oxygen atoms in total. The topological polar surface area (TPSA) is 71.4 Å². The second-order valence-corrected chi connectivity index (χ2v) is 9.39. The average Bonchev–Trinajstić information content (AvgIpc) is 3.49. The van der Waals surface area contributed by atoms with E-state index < -0.39 is 6.04 Å². The number of benzene rings is 2. The first-order chi connectivity index (χ1) is 16.1. The molecule has 5 rings (SSSR count). The van der Waals surface area contributed by atoms with Crippen molar-refractivity contribution in [2.75, 3.05) is 36.0 Å². The lowest BCUT2D eigenvalue weighted by Crippen LogP contribution is -2.50. The van der Waals surface area contributed by atoms with Crippen LogP contribution in [0.4, 0.5) is 15.8 Å². The third-order valence-corrected chi connectivity index (χ3v) is 7.34. The van der Waals surface area contributed by atoms with Gasteiger partial charge in [-0.1, -0.05) is 24.3 Å². The molecule has 3 fully saturated rings. The quantitative estimate of drug-likeness (QED) is 0.713. The van der Waals surface area contributed by atoms with E-state index >= 15 is 0 Å². The Morgan fingerprint density at radius 2 is 1.82 bits per heavy atom. The van der Waals surface area contributed by atoms with Gasteiger partial charge in [-0.2, -0.15) is 5.26 Å². The summed E-state index contributed by atoms with van der Waals surface area (Å²) in [5.74, 6) is -0.111. The van der Waals surface area contributed by atoms with Gasteiger partial charge in [0.15, 0.2) is 0 Å². The van der Waals surface area contributed by atoms with Gasteiger partial charge < -0.3 is 20.4 Å². The van der Waals surface area contributed by atoms with Crippen LogP contribution < -0.4 is 20.4 Å². The summed E-state index contributed by atoms with van der Waals surface area (Å²) in [6.45, 7) is 3.40. The van der Waals surface area contributed by atoms with E-state index in [0.29, 0.717) is 17.5 Å². The van der Waals surface area contributed by atoms with Crippen molar-refractivity contribution in [3.63, 3.8) is 0 Å². The van der Waals surface area contributed by atoms with Crippen molar-refractivity contribution in [3.05, 3.63) is 59.9 Å². The Hall–Kier alpha value is -3.11. The number of nitriles is 1. The number of para-hydroxylation sites is 1. The molecule has 2 heterocycles. The lowest BCUT2D eigenvalue weighted by Gasteiger charge is -2.37. The number of piperidine rings is 1. The van der Waals surface area contributed by atoms with Gasteiger partial charge in [0.2, 0.25) is 5.91 Å². The molecular weight excluding hydrogens is 417 g/mol. The SMILES string of the molecule is N#C[C@H](Cc1ccc(N2CCN(c3ccccc3)CC2)cc1F)NC(=O)[C@H]1N[C@H]2CC[C@H]1C2. The molecule has 2 saturated heterocycles. The molecule has 1 saturated carbocycles. The molecular formula is C26H30FN5O. The van der Waals surface area contributed by atoms with Gasteiger partial charge in [-0.25, -0.2) is 4.39 Å². The van der Waals surface area contributed by atoms with Crippen LogP contribution in [0.1, 0.15) is 24.8 Å². The van der Waals surface area contributed by atoms with E-state index in [0.717, 1.165) is 51.1 Å². The molecule has 0 radical (unpaired) electrons. The average molecular weight is 448 g/mol. The Balaban J connectivity index is 1.17. The van der Waals surface area contributed by atoms with E-state index in [-0.39, 0.29) is 24.2 Å². The lowest BCUT2D eigenvalue weighted by molar-refractivity contribution is -0.124. The van der Waals surface area contributed by atoms with Crippen molar-refractivity contribution in [1.82, 2.24) is 10.6 Å². The number of halogens is 1. The Labute approximate surface area is 194 Å². The maximum atomic E-state index is 14.9. The predicted molar refractivity (Wildman–Crippen MR) is 127 cm³/mol. The molecule has 172 valence electrons. The zero-order valence-electron chi connectivity index (χ0n) is 18.7. The number of anilines is 2. The summed E-state index contributed by atoms with van der Waals surface area (Å²) in [7, 11) is 0. The van der Waals surface area contributed by atoms with Gasteiger partial charge >= 0.3 is 0 Å². The van der Waals surface area contributed by atoms with Gasteiger partial charge in [0.05, 0.1) is 12.1 Å². The zero-order valence-corrected chi connectivity index (χ0v) is 18.7. The van der Waals surface area contributed by atoms with Crippen molar-refractivity contribution >= 4 is 17.3 Å². The highest BCUT2D eigenvalue weighted by atomic mass is 19.1. The molecule has 2 bridgehead atoms. The summed E-state index contributed by atoms with van der Waals surface area (Å²) in [4.78, 5) is 17.2. The second-order valence-electron chi connectivity index (χ2n) is 9.39. The van der Waals surface area contributed by atoms with Crippen LogP contribution in [0, 0.1) is 23.1 Å². The first-order valence-electron chi connectivity index (χ1n) is 11.9. The molecule has 2 aliphatic heterocycles. The van der Waals surface area contributed by atoms with Crippen LogP contribution in [-0.4, -0.2) is 50.2 Å². The minimum Gasteiger partial charge on any atom is -0.368 e. The van der Waals surface area contributed by atoms with Crippen LogP contribution in [0.15, 0.2) is 48.5 Å². The fraction of sp³-hybridized carbons (Fsp3) is 0.462. The maximum absolute atomic E-state index is 14.9. The van der Waals surface area contributed by atoms with E-state index in [2.05, 4.69) is 38.6 Å². The summed E-state index contributed by atoms with van der Waals surface area (Å²) in [6.07, 6.45) is 3.37. The number of hydrogen-bond acceptors (Lipinski definition) is 5. The Morgan fingerprint density at radius 1 is 1.09 bits per heavy atom. The fourth-order valence-corrected chi connectivity index (χ4v) is 5.52. The number of fused-ring (bicyclic) bond motifs is 2. The number of rotatable bonds is 6. The maximum Gasteiger partial charge on any atom is 0.238 e. The summed E-state index contributed by atoms with van der Waals surface area (Å²) >= 11 is 0. The Bertz CT molecular complexity index is 1030. The van der Waals surface area contributed by atoms with Gasteiger partial charge in [0, 0.05) is 50.0 Å². The summed E-state index contributed by atoms with van der Waals surface area (Å²) in [6, 6.07) is 17.1. The number of carbonyl (C=O) groups is 1. The molecule has 1 aliphatic carbocycles. The number of nitrogens with one attached hydrogen (secondary N) is 2. The number of amides is 1. The minimum atomic E-state index is -0.742. The first-order valence-corrected chi connectivity index (χ1v) is 11.9. The van der Waals surface area contributed by atoms with E-state index in [1.165, 1.54) is 5.69 Å². The van der Waals surface area contributed by atoms with E-state index in [1.54, 1.807) is 12.1 Å². The zero-order chi connectivity index (χ0) is 22.8. The van der Waals surface area contributed by atoms with Crippen LogP contribution in [-0.2, 0) is 11.2 Å². The van der Waals surface area contributed by atoms with Crippen molar-refractivity contribution in [3.8, 4) is 6.07 Å². The number of nitrogens with zero attached hydrogens (tertiary/aromatic N) is 3. The van der Waals surface area contributed by atoms with Crippen LogP contribution in [0.2, 0.25) is 0 Å². The van der Waals surface area contributed by atoms with Crippen molar-refractivity contribution in [2.45, 2.75) is 43.8 Å². The molecule has 1 amide bonds. The molecule has 2 aromatic carbocycles. The smallest absolute Gasteiger partial charge is 0.238 e. The van der Waals surface area contributed by atoms with Gasteiger partial charge in [-0.15, -0.1) is 0 Å². The molecule has 0 unspecified atom stereocenters. The summed E-state index contributed by atoms with van der Waals surface area (Å²) in [5, 5.41) is 15.7. The third-order valence-electron chi connectivity index (χ3n) is 7.34. The highest BCUT2D eigenvalue weighted by Crippen LogP contribution is 2.35. The van der Waals surface area contributed by atoms with E-state index in [1.807, 2.05) is 24.3 Å². The molecule has 7 heteroatoms. The van der Waals surface area contributed by atoms with E-state index in [4.69, 9.17) is 0 Å². The van der Waals surface area contributed by atoms with Gasteiger partial charge in [0.1, 0.15) is 11.9 Å². The molecule has 4 atom stereocenters. The van der Waals surface area contributed by atoms with Gasteiger partial charge in [0.25, 0.3) is 0 Å². The molecule has 3 aliphatic rings. The van der Waals surface area contributed by atoms with Crippen LogP contribution in [0.5, 0.6) is 0 Å². The molecule has 2 N–H and O–H groups in total. The van der Waals surface area contributed by atoms with Gasteiger partial charge in [-0.3, -0.25) is 4.79 Å². The van der Waals surface area contributed by atoms with Crippen molar-refractivity contribution < 1.29 is 9.18 Å². The van der Waals surface area contributed by atoms with Crippen LogP contribution in [0.25, 0.3) is 0 Å². The van der Waals surface area contributed by atoms with Crippen molar-refractivity contribution in [1.29, 1.82) is 5.26 Å². The highest BCUT2D eigenvalue weighted by molar-refractivity contribution is 5.83. The molecule has 0 spiro atoms. The number of carbonyl (C=O) groups excluding carboxylic acids is 1. The van der Waals surface area contributed by atoms with Gasteiger partial charge in [-0.05, 0) is 55.0 Å². The monoisotopic (exact) mass is 447 g/mol. The minimum absolute atomic E-state index is 0.137. The summed E-state index contributed by atoms with van der Waals surface area (Å²) < 4.78 is 14.9. The fourth-order valence-electron chi connectivity index (χ4n) is 5.52. The Morgan fingerprint density at radius 3 is 2.42 bits per heavy atom. The molecule has 33 heavy (non-hydrogen) atoms. The largest absolute Gasteiger partial charge is 0.368 e. The molecule has 0 aromatic heterocycles. The first kappa shape index (κ1) is 21.7. The normalized spacial score (nSPS) is 25.0. The predicted octanol–water partition coefficient (Wildman–Crippen LogP) is 2.84.